The summed E-state index contributed by atoms with van der Waals surface area (Å²) in [5, 5.41) is 13.9. The average Bonchev–Trinajstić information content (AvgIpc) is 3.39. The first kappa shape index (κ1) is 16.7. The number of thiophene rings is 1. The number of benzene rings is 1. The van der Waals surface area contributed by atoms with Gasteiger partial charge in [0.2, 0.25) is 0 Å². The number of nitrogens with zero attached hydrogens (tertiary/aromatic N) is 6. The molecule has 0 radical (unpaired) electrons. The van der Waals surface area contributed by atoms with Crippen molar-refractivity contribution in [3.8, 4) is 5.00 Å². The number of rotatable bonds is 4. The van der Waals surface area contributed by atoms with Gasteiger partial charge in [0.1, 0.15) is 11.3 Å². The Morgan fingerprint density at radius 2 is 1.96 bits per heavy atom. The maximum atomic E-state index is 13.0. The second-order valence-electron chi connectivity index (χ2n) is 6.36. The van der Waals surface area contributed by atoms with Gasteiger partial charge in [-0.1, -0.05) is 18.2 Å². The SMILES string of the molecule is CN(C(=O)c1ccsc1-n1cnnn1)C1CCN(c2ccccc2)CC1. The number of para-hydroxylation sites is 1. The molecule has 3 aromatic rings. The third-order valence-corrected chi connectivity index (χ3v) is 5.79. The minimum Gasteiger partial charge on any atom is -0.371 e. The van der Waals surface area contributed by atoms with Crippen molar-refractivity contribution in [2.75, 3.05) is 25.0 Å². The van der Waals surface area contributed by atoms with E-state index in [1.54, 1.807) is 4.68 Å². The van der Waals surface area contributed by atoms with Crippen LogP contribution in [0.3, 0.4) is 0 Å². The lowest BCUT2D eigenvalue weighted by Gasteiger charge is -2.37. The molecule has 1 fully saturated rings. The zero-order valence-electron chi connectivity index (χ0n) is 14.5. The number of piperidine rings is 1. The molecule has 1 aliphatic heterocycles. The lowest BCUT2D eigenvalue weighted by molar-refractivity contribution is 0.0709. The number of carbonyl (C=O) groups is 1. The van der Waals surface area contributed by atoms with Crippen LogP contribution in [0.25, 0.3) is 5.00 Å². The summed E-state index contributed by atoms with van der Waals surface area (Å²) in [6, 6.07) is 12.5. The van der Waals surface area contributed by atoms with Crippen LogP contribution in [0.5, 0.6) is 0 Å². The van der Waals surface area contributed by atoms with Crippen LogP contribution in [0.4, 0.5) is 5.69 Å². The fraction of sp³-hybridized carbons (Fsp3) is 0.333. The Morgan fingerprint density at radius 1 is 1.19 bits per heavy atom. The third kappa shape index (κ3) is 3.20. The second kappa shape index (κ2) is 7.25. The van der Waals surface area contributed by atoms with Crippen molar-refractivity contribution in [3.63, 3.8) is 0 Å². The Labute approximate surface area is 155 Å². The molecule has 1 aromatic carbocycles. The second-order valence-corrected chi connectivity index (χ2v) is 7.26. The van der Waals surface area contributed by atoms with Crippen LogP contribution in [-0.2, 0) is 0 Å². The fourth-order valence-corrected chi connectivity index (χ4v) is 4.21. The van der Waals surface area contributed by atoms with E-state index in [2.05, 4.69) is 44.7 Å². The molecule has 1 saturated heterocycles. The van der Waals surface area contributed by atoms with E-state index >= 15 is 0 Å². The van der Waals surface area contributed by atoms with E-state index in [0.717, 1.165) is 30.9 Å². The summed E-state index contributed by atoms with van der Waals surface area (Å²) in [5.41, 5.74) is 1.90. The minimum absolute atomic E-state index is 0.0231. The number of aromatic nitrogens is 4. The molecule has 7 nitrogen and oxygen atoms in total. The van der Waals surface area contributed by atoms with Crippen LogP contribution < -0.4 is 4.90 Å². The molecule has 1 aliphatic rings. The molecule has 134 valence electrons. The molecule has 0 unspecified atom stereocenters. The summed E-state index contributed by atoms with van der Waals surface area (Å²) < 4.78 is 1.55. The summed E-state index contributed by atoms with van der Waals surface area (Å²) in [7, 11) is 1.90. The molecule has 26 heavy (non-hydrogen) atoms. The first-order chi connectivity index (χ1) is 12.7. The van der Waals surface area contributed by atoms with Crippen LogP contribution in [-0.4, -0.2) is 57.2 Å². The van der Waals surface area contributed by atoms with E-state index in [0.29, 0.717) is 5.56 Å². The van der Waals surface area contributed by atoms with Gasteiger partial charge in [0.25, 0.3) is 5.91 Å². The maximum absolute atomic E-state index is 13.0. The van der Waals surface area contributed by atoms with Gasteiger partial charge in [0.15, 0.2) is 0 Å². The number of amides is 1. The topological polar surface area (TPSA) is 67.2 Å². The lowest BCUT2D eigenvalue weighted by atomic mass is 10.0. The average molecular weight is 368 g/mol. The lowest BCUT2D eigenvalue weighted by Crippen LogP contribution is -2.45. The van der Waals surface area contributed by atoms with Gasteiger partial charge in [-0.05, 0) is 46.8 Å². The normalized spacial score (nSPS) is 15.2. The standard InChI is InChI=1S/C18H20N6OS/c1-22(14-7-10-23(11-8-14)15-5-3-2-4-6-15)17(25)16-9-12-26-18(16)24-13-19-20-21-24/h2-6,9,12-14H,7-8,10-11H2,1H3. The molecule has 0 saturated carbocycles. The Balaban J connectivity index is 1.44. The summed E-state index contributed by atoms with van der Waals surface area (Å²) >= 11 is 1.46. The molecule has 0 bridgehead atoms. The van der Waals surface area contributed by atoms with E-state index < -0.39 is 0 Å². The number of anilines is 1. The highest BCUT2D eigenvalue weighted by atomic mass is 32.1. The number of tetrazole rings is 1. The van der Waals surface area contributed by atoms with Crippen molar-refractivity contribution in [2.24, 2.45) is 0 Å². The van der Waals surface area contributed by atoms with Gasteiger partial charge in [-0.2, -0.15) is 4.68 Å². The predicted molar refractivity (Wildman–Crippen MR) is 101 cm³/mol. The predicted octanol–water partition coefficient (Wildman–Crippen LogP) is 2.46. The summed E-state index contributed by atoms with van der Waals surface area (Å²) in [6.07, 6.45) is 3.43. The Bertz CT molecular complexity index is 855. The van der Waals surface area contributed by atoms with E-state index in [-0.39, 0.29) is 11.9 Å². The summed E-state index contributed by atoms with van der Waals surface area (Å²) in [5.74, 6) is 0.0231. The number of carbonyl (C=O) groups excluding carboxylic acids is 1. The van der Waals surface area contributed by atoms with Crippen LogP contribution in [0.2, 0.25) is 0 Å². The molecule has 0 spiro atoms. The van der Waals surface area contributed by atoms with Crippen molar-refractivity contribution in [1.29, 1.82) is 0 Å². The maximum Gasteiger partial charge on any atom is 0.256 e. The van der Waals surface area contributed by atoms with Crippen molar-refractivity contribution in [2.45, 2.75) is 18.9 Å². The number of hydrogen-bond donors (Lipinski definition) is 0. The molecule has 2 aromatic heterocycles. The monoisotopic (exact) mass is 368 g/mol. The molecule has 0 aliphatic carbocycles. The zero-order chi connectivity index (χ0) is 17.9. The first-order valence-corrected chi connectivity index (χ1v) is 9.50. The molecule has 0 N–H and O–H groups in total. The van der Waals surface area contributed by atoms with E-state index in [4.69, 9.17) is 0 Å². The summed E-state index contributed by atoms with van der Waals surface area (Å²) in [6.45, 7) is 1.91. The van der Waals surface area contributed by atoms with Crippen molar-refractivity contribution in [3.05, 3.63) is 53.7 Å². The molecule has 3 heterocycles. The van der Waals surface area contributed by atoms with E-state index in [9.17, 15) is 4.79 Å². The molecule has 0 atom stereocenters. The summed E-state index contributed by atoms with van der Waals surface area (Å²) in [4.78, 5) is 17.3. The highest BCUT2D eigenvalue weighted by Crippen LogP contribution is 2.26. The Morgan fingerprint density at radius 3 is 2.65 bits per heavy atom. The molecular weight excluding hydrogens is 348 g/mol. The smallest absolute Gasteiger partial charge is 0.256 e. The number of hydrogen-bond acceptors (Lipinski definition) is 6. The van der Waals surface area contributed by atoms with Gasteiger partial charge in [0, 0.05) is 31.9 Å². The highest BCUT2D eigenvalue weighted by molar-refractivity contribution is 7.13. The largest absolute Gasteiger partial charge is 0.371 e. The molecule has 4 rings (SSSR count). The first-order valence-electron chi connectivity index (χ1n) is 8.62. The van der Waals surface area contributed by atoms with Crippen LogP contribution in [0.1, 0.15) is 23.2 Å². The van der Waals surface area contributed by atoms with E-state index in [1.807, 2.05) is 29.5 Å². The van der Waals surface area contributed by atoms with Gasteiger partial charge < -0.3 is 9.80 Å². The Hall–Kier alpha value is -2.74. The molecule has 1 amide bonds. The minimum atomic E-state index is 0.0231. The highest BCUT2D eigenvalue weighted by Gasteiger charge is 2.28. The van der Waals surface area contributed by atoms with Gasteiger partial charge >= 0.3 is 0 Å². The Kier molecular flexibility index (Phi) is 4.66. The van der Waals surface area contributed by atoms with Crippen LogP contribution in [0, 0.1) is 0 Å². The van der Waals surface area contributed by atoms with Crippen molar-refractivity contribution < 1.29 is 4.79 Å². The molecule has 8 heteroatoms. The van der Waals surface area contributed by atoms with Gasteiger partial charge in [-0.3, -0.25) is 4.79 Å². The van der Waals surface area contributed by atoms with Crippen molar-refractivity contribution in [1.82, 2.24) is 25.1 Å². The fourth-order valence-electron chi connectivity index (χ4n) is 3.40. The quantitative estimate of drug-likeness (QED) is 0.708. The molecular formula is C18H20N6OS. The third-order valence-electron chi connectivity index (χ3n) is 4.89. The van der Waals surface area contributed by atoms with Crippen molar-refractivity contribution >= 4 is 22.9 Å². The van der Waals surface area contributed by atoms with Gasteiger partial charge in [0.05, 0.1) is 5.56 Å². The van der Waals surface area contributed by atoms with Crippen LogP contribution in [0.15, 0.2) is 48.1 Å². The van der Waals surface area contributed by atoms with E-state index in [1.165, 1.54) is 23.4 Å². The zero-order valence-corrected chi connectivity index (χ0v) is 15.3. The van der Waals surface area contributed by atoms with Gasteiger partial charge in [-0.15, -0.1) is 16.4 Å². The van der Waals surface area contributed by atoms with Crippen LogP contribution >= 0.6 is 11.3 Å². The van der Waals surface area contributed by atoms with Gasteiger partial charge in [-0.25, -0.2) is 0 Å².